The molecule has 8 nitrogen and oxygen atoms in total. The van der Waals surface area contributed by atoms with Crippen molar-refractivity contribution in [1.82, 2.24) is 20.2 Å². The van der Waals surface area contributed by atoms with Gasteiger partial charge in [-0.1, -0.05) is 0 Å². The van der Waals surface area contributed by atoms with Crippen molar-refractivity contribution in [3.8, 4) is 5.88 Å². The number of nitrogens with zero attached hydrogens (tertiary/aromatic N) is 5. The van der Waals surface area contributed by atoms with Gasteiger partial charge in [0.15, 0.2) is 11.6 Å². The average Bonchev–Trinajstić information content (AvgIpc) is 3.37. The highest BCUT2D eigenvalue weighted by Crippen LogP contribution is 2.39. The number of anilines is 2. The number of H-pyrrole nitrogens is 1. The summed E-state index contributed by atoms with van der Waals surface area (Å²) in [5.74, 6) is 3.00. The van der Waals surface area contributed by atoms with Gasteiger partial charge in [-0.15, -0.1) is 0 Å². The standard InChI is InChI=1S/C16H22N6O2/c23-7-8-24-16-11-17-10-15(18-16)22-5-3-21(4-6-22)14-9-13(19-20-14)12-1-2-12/h9-12,23H,1-8H2,(H,19,20). The molecule has 1 aliphatic heterocycles. The van der Waals surface area contributed by atoms with E-state index in [0.717, 1.165) is 37.8 Å². The Morgan fingerprint density at radius 1 is 1.12 bits per heavy atom. The topological polar surface area (TPSA) is 90.4 Å². The van der Waals surface area contributed by atoms with E-state index in [1.807, 2.05) is 0 Å². The van der Waals surface area contributed by atoms with Gasteiger partial charge in [-0.25, -0.2) is 0 Å². The van der Waals surface area contributed by atoms with Gasteiger partial charge in [0.05, 0.1) is 19.0 Å². The van der Waals surface area contributed by atoms with E-state index in [2.05, 4.69) is 36.0 Å². The van der Waals surface area contributed by atoms with Crippen LogP contribution in [0.4, 0.5) is 11.6 Å². The van der Waals surface area contributed by atoms with Gasteiger partial charge in [0, 0.05) is 43.9 Å². The zero-order valence-electron chi connectivity index (χ0n) is 13.6. The molecule has 2 aliphatic rings. The Hall–Kier alpha value is -2.35. The molecule has 1 aliphatic carbocycles. The van der Waals surface area contributed by atoms with Crippen LogP contribution in [0, 0.1) is 0 Å². The van der Waals surface area contributed by atoms with Gasteiger partial charge in [0.1, 0.15) is 6.61 Å². The molecule has 2 aromatic heterocycles. The largest absolute Gasteiger partial charge is 0.474 e. The molecular formula is C16H22N6O2. The lowest BCUT2D eigenvalue weighted by Gasteiger charge is -2.35. The average molecular weight is 330 g/mol. The Kier molecular flexibility index (Phi) is 4.20. The van der Waals surface area contributed by atoms with Crippen molar-refractivity contribution in [1.29, 1.82) is 0 Å². The quantitative estimate of drug-likeness (QED) is 0.808. The van der Waals surface area contributed by atoms with Crippen molar-refractivity contribution >= 4 is 11.6 Å². The number of aliphatic hydroxyl groups is 1. The zero-order chi connectivity index (χ0) is 16.4. The molecule has 3 heterocycles. The summed E-state index contributed by atoms with van der Waals surface area (Å²) >= 11 is 0. The minimum absolute atomic E-state index is 0.0307. The van der Waals surface area contributed by atoms with Crippen LogP contribution in [0.5, 0.6) is 5.88 Å². The van der Waals surface area contributed by atoms with Crippen LogP contribution in [-0.2, 0) is 0 Å². The second-order valence-corrected chi connectivity index (χ2v) is 6.22. The van der Waals surface area contributed by atoms with E-state index in [1.165, 1.54) is 18.5 Å². The number of ether oxygens (including phenoxy) is 1. The predicted molar refractivity (Wildman–Crippen MR) is 89.6 cm³/mol. The van der Waals surface area contributed by atoms with Gasteiger partial charge in [-0.2, -0.15) is 10.1 Å². The van der Waals surface area contributed by atoms with Gasteiger partial charge in [-0.05, 0) is 12.8 Å². The first-order chi connectivity index (χ1) is 11.8. The molecule has 0 atom stereocenters. The Balaban J connectivity index is 1.36. The molecule has 128 valence electrons. The summed E-state index contributed by atoms with van der Waals surface area (Å²) in [6.07, 6.45) is 5.88. The van der Waals surface area contributed by atoms with Crippen molar-refractivity contribution in [2.45, 2.75) is 18.8 Å². The second kappa shape index (κ2) is 6.64. The Bertz CT molecular complexity index is 679. The first-order valence-corrected chi connectivity index (χ1v) is 8.44. The van der Waals surface area contributed by atoms with E-state index in [9.17, 15) is 0 Å². The van der Waals surface area contributed by atoms with Crippen LogP contribution in [0.3, 0.4) is 0 Å². The predicted octanol–water partition coefficient (Wildman–Crippen LogP) is 0.775. The summed E-state index contributed by atoms with van der Waals surface area (Å²) in [4.78, 5) is 13.1. The van der Waals surface area contributed by atoms with E-state index in [4.69, 9.17) is 9.84 Å². The molecule has 4 rings (SSSR count). The highest BCUT2D eigenvalue weighted by molar-refractivity contribution is 5.45. The molecule has 0 bridgehead atoms. The van der Waals surface area contributed by atoms with Crippen LogP contribution >= 0.6 is 0 Å². The maximum atomic E-state index is 8.83. The minimum Gasteiger partial charge on any atom is -0.474 e. The maximum absolute atomic E-state index is 8.83. The summed E-state index contributed by atoms with van der Waals surface area (Å²) in [6, 6.07) is 2.19. The lowest BCUT2D eigenvalue weighted by Crippen LogP contribution is -2.47. The van der Waals surface area contributed by atoms with E-state index in [1.54, 1.807) is 12.4 Å². The van der Waals surface area contributed by atoms with Crippen molar-refractivity contribution in [2.24, 2.45) is 0 Å². The minimum atomic E-state index is -0.0307. The van der Waals surface area contributed by atoms with Crippen molar-refractivity contribution < 1.29 is 9.84 Å². The van der Waals surface area contributed by atoms with E-state index in [0.29, 0.717) is 11.8 Å². The van der Waals surface area contributed by atoms with Crippen molar-refractivity contribution in [3.63, 3.8) is 0 Å². The SMILES string of the molecule is OCCOc1cncc(N2CCN(c3cc(C4CC4)[nH]n3)CC2)n1. The van der Waals surface area contributed by atoms with Gasteiger partial charge >= 0.3 is 0 Å². The highest BCUT2D eigenvalue weighted by Gasteiger charge is 2.27. The van der Waals surface area contributed by atoms with Crippen LogP contribution in [0.25, 0.3) is 0 Å². The van der Waals surface area contributed by atoms with Crippen LogP contribution < -0.4 is 14.5 Å². The van der Waals surface area contributed by atoms with E-state index < -0.39 is 0 Å². The van der Waals surface area contributed by atoms with Gasteiger partial charge in [0.2, 0.25) is 5.88 Å². The third-order valence-corrected chi connectivity index (χ3v) is 4.47. The number of aromatic nitrogens is 4. The zero-order valence-corrected chi connectivity index (χ0v) is 13.6. The number of nitrogens with one attached hydrogen (secondary N) is 1. The lowest BCUT2D eigenvalue weighted by atomic mass is 10.2. The molecule has 24 heavy (non-hydrogen) atoms. The van der Waals surface area contributed by atoms with Crippen LogP contribution in [-0.4, -0.2) is 64.7 Å². The third kappa shape index (κ3) is 3.28. The fourth-order valence-corrected chi connectivity index (χ4v) is 2.97. The van der Waals surface area contributed by atoms with Crippen LogP contribution in [0.2, 0.25) is 0 Å². The van der Waals surface area contributed by atoms with Crippen molar-refractivity contribution in [3.05, 3.63) is 24.2 Å². The summed E-state index contributed by atoms with van der Waals surface area (Å²) in [5, 5.41) is 16.5. The second-order valence-electron chi connectivity index (χ2n) is 6.22. The number of hydrogen-bond donors (Lipinski definition) is 2. The molecule has 0 unspecified atom stereocenters. The van der Waals surface area contributed by atoms with E-state index >= 15 is 0 Å². The number of aliphatic hydroxyl groups excluding tert-OH is 1. The van der Waals surface area contributed by atoms with Crippen molar-refractivity contribution in [2.75, 3.05) is 49.2 Å². The molecule has 2 N–H and O–H groups in total. The summed E-state index contributed by atoms with van der Waals surface area (Å²) in [7, 11) is 0. The molecule has 0 spiro atoms. The fraction of sp³-hybridized carbons (Fsp3) is 0.562. The molecule has 1 saturated carbocycles. The first-order valence-electron chi connectivity index (χ1n) is 8.44. The third-order valence-electron chi connectivity index (χ3n) is 4.47. The van der Waals surface area contributed by atoms with E-state index in [-0.39, 0.29) is 13.2 Å². The number of aromatic amines is 1. The Morgan fingerprint density at radius 2 is 1.88 bits per heavy atom. The first kappa shape index (κ1) is 15.2. The molecular weight excluding hydrogens is 308 g/mol. The molecule has 0 amide bonds. The molecule has 2 aromatic rings. The summed E-state index contributed by atoms with van der Waals surface area (Å²) in [6.45, 7) is 3.73. The van der Waals surface area contributed by atoms with Gasteiger partial charge in [-0.3, -0.25) is 10.1 Å². The molecule has 8 heteroatoms. The smallest absolute Gasteiger partial charge is 0.234 e. The monoisotopic (exact) mass is 330 g/mol. The van der Waals surface area contributed by atoms with Gasteiger partial charge < -0.3 is 19.6 Å². The molecule has 2 fully saturated rings. The molecule has 0 radical (unpaired) electrons. The fourth-order valence-electron chi connectivity index (χ4n) is 2.97. The van der Waals surface area contributed by atoms with Crippen LogP contribution in [0.15, 0.2) is 18.5 Å². The van der Waals surface area contributed by atoms with Gasteiger partial charge in [0.25, 0.3) is 0 Å². The normalized spacial score (nSPS) is 18.0. The highest BCUT2D eigenvalue weighted by atomic mass is 16.5. The summed E-state index contributed by atoms with van der Waals surface area (Å²) in [5.41, 5.74) is 1.27. The number of piperazine rings is 1. The Labute approximate surface area is 140 Å². The molecule has 0 aromatic carbocycles. The van der Waals surface area contributed by atoms with Crippen LogP contribution in [0.1, 0.15) is 24.5 Å². The molecule has 1 saturated heterocycles. The lowest BCUT2D eigenvalue weighted by molar-refractivity contribution is 0.196. The number of rotatable bonds is 6. The Morgan fingerprint density at radius 3 is 2.58 bits per heavy atom. The number of hydrogen-bond acceptors (Lipinski definition) is 7. The maximum Gasteiger partial charge on any atom is 0.234 e. The summed E-state index contributed by atoms with van der Waals surface area (Å²) < 4.78 is 5.33.